The average molecular weight is 377 g/mol. The minimum atomic E-state index is 0.0571. The maximum absolute atomic E-state index is 13.1. The minimum Gasteiger partial charge on any atom is -0.441 e. The van der Waals surface area contributed by atoms with Crippen LogP contribution in [0.4, 0.5) is 0 Å². The van der Waals surface area contributed by atoms with Crippen molar-refractivity contribution in [3.8, 4) is 11.5 Å². The van der Waals surface area contributed by atoms with Crippen molar-refractivity contribution < 1.29 is 9.21 Å². The van der Waals surface area contributed by atoms with Gasteiger partial charge in [0.25, 0.3) is 0 Å². The first kappa shape index (κ1) is 19.8. The second-order valence-corrected chi connectivity index (χ2v) is 7.17. The molecular weight excluding hydrogens is 350 g/mol. The molecule has 1 heterocycles. The quantitative estimate of drug-likeness (QED) is 0.599. The van der Waals surface area contributed by atoms with E-state index in [1.54, 1.807) is 0 Å². The Kier molecular flexibility index (Phi) is 6.61. The van der Waals surface area contributed by atoms with Gasteiger partial charge in [0.2, 0.25) is 11.8 Å². The van der Waals surface area contributed by atoms with Crippen molar-refractivity contribution in [3.63, 3.8) is 0 Å². The molecule has 0 spiro atoms. The predicted octanol–water partition coefficient (Wildman–Crippen LogP) is 3.78. The molecule has 3 aromatic rings. The molecule has 0 atom stereocenters. The number of aromatic nitrogens is 1. The largest absolute Gasteiger partial charge is 0.441 e. The molecule has 0 saturated heterocycles. The standard InChI is InChI=1S/C23H27N3O2/c1-18-21(24-23(28-18)20-12-8-5-9-13-20)16-22(27)26(15-14-25(2)3)17-19-10-6-4-7-11-19/h4-13H,14-17H2,1-3H3. The molecule has 5 nitrogen and oxygen atoms in total. The van der Waals surface area contributed by atoms with Crippen molar-refractivity contribution in [2.24, 2.45) is 0 Å². The zero-order valence-corrected chi connectivity index (χ0v) is 16.8. The van der Waals surface area contributed by atoms with Crippen LogP contribution in [0.2, 0.25) is 0 Å². The molecule has 1 amide bonds. The van der Waals surface area contributed by atoms with Crippen LogP contribution in [0.5, 0.6) is 0 Å². The molecule has 2 aromatic carbocycles. The lowest BCUT2D eigenvalue weighted by Gasteiger charge is -2.24. The Bertz CT molecular complexity index is 889. The van der Waals surface area contributed by atoms with Gasteiger partial charge in [-0.15, -0.1) is 0 Å². The molecule has 0 radical (unpaired) electrons. The van der Waals surface area contributed by atoms with E-state index in [9.17, 15) is 4.79 Å². The molecule has 0 aliphatic heterocycles. The number of hydrogen-bond acceptors (Lipinski definition) is 4. The van der Waals surface area contributed by atoms with Gasteiger partial charge in [-0.3, -0.25) is 4.79 Å². The maximum Gasteiger partial charge on any atom is 0.229 e. The van der Waals surface area contributed by atoms with Crippen LogP contribution in [0.25, 0.3) is 11.5 Å². The van der Waals surface area contributed by atoms with Crippen LogP contribution in [-0.2, 0) is 17.8 Å². The van der Waals surface area contributed by atoms with Crippen molar-refractivity contribution in [1.29, 1.82) is 0 Å². The molecule has 3 rings (SSSR count). The fourth-order valence-electron chi connectivity index (χ4n) is 2.97. The molecule has 5 heteroatoms. The van der Waals surface area contributed by atoms with Crippen LogP contribution in [0.15, 0.2) is 65.1 Å². The predicted molar refractivity (Wildman–Crippen MR) is 111 cm³/mol. The highest BCUT2D eigenvalue weighted by molar-refractivity contribution is 5.78. The lowest BCUT2D eigenvalue weighted by Crippen LogP contribution is -2.37. The topological polar surface area (TPSA) is 49.6 Å². The summed E-state index contributed by atoms with van der Waals surface area (Å²) in [6, 6.07) is 19.8. The summed E-state index contributed by atoms with van der Waals surface area (Å²) >= 11 is 0. The smallest absolute Gasteiger partial charge is 0.229 e. The number of benzene rings is 2. The third kappa shape index (κ3) is 5.30. The molecule has 0 aliphatic carbocycles. The van der Waals surface area contributed by atoms with E-state index in [4.69, 9.17) is 4.42 Å². The molecule has 0 fully saturated rings. The zero-order chi connectivity index (χ0) is 19.9. The van der Waals surface area contributed by atoms with Gasteiger partial charge in [-0.1, -0.05) is 48.5 Å². The summed E-state index contributed by atoms with van der Waals surface area (Å²) in [5, 5.41) is 0. The lowest BCUT2D eigenvalue weighted by atomic mass is 10.2. The Morgan fingerprint density at radius 1 is 0.964 bits per heavy atom. The van der Waals surface area contributed by atoms with E-state index in [-0.39, 0.29) is 12.3 Å². The lowest BCUT2D eigenvalue weighted by molar-refractivity contribution is -0.131. The third-order valence-electron chi connectivity index (χ3n) is 4.62. The molecule has 146 valence electrons. The highest BCUT2D eigenvalue weighted by Gasteiger charge is 2.19. The van der Waals surface area contributed by atoms with Gasteiger partial charge in [-0.2, -0.15) is 0 Å². The van der Waals surface area contributed by atoms with Crippen LogP contribution in [0.1, 0.15) is 17.0 Å². The number of hydrogen-bond donors (Lipinski definition) is 0. The monoisotopic (exact) mass is 377 g/mol. The van der Waals surface area contributed by atoms with Gasteiger partial charge in [0.05, 0.1) is 12.1 Å². The number of aryl methyl sites for hydroxylation is 1. The summed E-state index contributed by atoms with van der Waals surface area (Å²) < 4.78 is 5.81. The van der Waals surface area contributed by atoms with Gasteiger partial charge in [0, 0.05) is 25.2 Å². The van der Waals surface area contributed by atoms with E-state index in [1.807, 2.05) is 86.6 Å². The number of nitrogens with zero attached hydrogens (tertiary/aromatic N) is 3. The normalized spacial score (nSPS) is 11.0. The van der Waals surface area contributed by atoms with E-state index >= 15 is 0 Å². The Morgan fingerprint density at radius 2 is 1.61 bits per heavy atom. The van der Waals surface area contributed by atoms with Gasteiger partial charge in [0.1, 0.15) is 5.76 Å². The van der Waals surface area contributed by atoms with Crippen LogP contribution in [0, 0.1) is 6.92 Å². The highest BCUT2D eigenvalue weighted by atomic mass is 16.4. The van der Waals surface area contributed by atoms with Crippen molar-refractivity contribution in [3.05, 3.63) is 77.7 Å². The summed E-state index contributed by atoms with van der Waals surface area (Å²) in [7, 11) is 4.03. The zero-order valence-electron chi connectivity index (χ0n) is 16.8. The number of rotatable bonds is 8. The van der Waals surface area contributed by atoms with E-state index in [0.717, 1.165) is 17.7 Å². The van der Waals surface area contributed by atoms with Crippen molar-refractivity contribution in [1.82, 2.24) is 14.8 Å². The van der Waals surface area contributed by atoms with Crippen LogP contribution >= 0.6 is 0 Å². The first-order valence-electron chi connectivity index (χ1n) is 9.51. The molecule has 28 heavy (non-hydrogen) atoms. The van der Waals surface area contributed by atoms with Gasteiger partial charge in [-0.05, 0) is 38.7 Å². The second-order valence-electron chi connectivity index (χ2n) is 7.17. The first-order valence-corrected chi connectivity index (χ1v) is 9.51. The van der Waals surface area contributed by atoms with Crippen LogP contribution in [0.3, 0.4) is 0 Å². The van der Waals surface area contributed by atoms with E-state index in [1.165, 1.54) is 0 Å². The maximum atomic E-state index is 13.1. The fourth-order valence-corrected chi connectivity index (χ4v) is 2.97. The summed E-state index contributed by atoms with van der Waals surface area (Å²) in [4.78, 5) is 21.6. The number of carbonyl (C=O) groups is 1. The Hall–Kier alpha value is -2.92. The highest BCUT2D eigenvalue weighted by Crippen LogP contribution is 2.22. The average Bonchev–Trinajstić information content (AvgIpc) is 3.07. The fraction of sp³-hybridized carbons (Fsp3) is 0.304. The molecule has 0 aliphatic rings. The first-order chi connectivity index (χ1) is 13.5. The molecule has 1 aromatic heterocycles. The number of oxazole rings is 1. The van der Waals surface area contributed by atoms with E-state index < -0.39 is 0 Å². The minimum absolute atomic E-state index is 0.0571. The van der Waals surface area contributed by atoms with Crippen molar-refractivity contribution >= 4 is 5.91 Å². The molecule has 0 saturated carbocycles. The van der Waals surface area contributed by atoms with E-state index in [0.29, 0.717) is 30.4 Å². The van der Waals surface area contributed by atoms with E-state index in [2.05, 4.69) is 9.88 Å². The summed E-state index contributed by atoms with van der Waals surface area (Å²) in [5.74, 6) is 1.31. The number of amides is 1. The molecule has 0 unspecified atom stereocenters. The molecule has 0 N–H and O–H groups in total. The molecular formula is C23H27N3O2. The summed E-state index contributed by atoms with van der Waals surface area (Å²) in [6.07, 6.45) is 0.239. The Labute approximate surface area is 166 Å². The van der Waals surface area contributed by atoms with Crippen molar-refractivity contribution in [2.45, 2.75) is 19.9 Å². The van der Waals surface area contributed by atoms with Crippen LogP contribution in [-0.4, -0.2) is 47.9 Å². The number of carbonyl (C=O) groups excluding carboxylic acids is 1. The summed E-state index contributed by atoms with van der Waals surface area (Å²) in [6.45, 7) is 3.94. The molecule has 0 bridgehead atoms. The Morgan fingerprint density at radius 3 is 2.25 bits per heavy atom. The number of likely N-dealkylation sites (N-methyl/N-ethyl adjacent to an activating group) is 1. The van der Waals surface area contributed by atoms with Crippen LogP contribution < -0.4 is 0 Å². The van der Waals surface area contributed by atoms with Gasteiger partial charge in [0.15, 0.2) is 0 Å². The third-order valence-corrected chi connectivity index (χ3v) is 4.62. The van der Waals surface area contributed by atoms with Gasteiger partial charge in [-0.25, -0.2) is 4.98 Å². The SMILES string of the molecule is Cc1oc(-c2ccccc2)nc1CC(=O)N(CCN(C)C)Cc1ccccc1. The Balaban J connectivity index is 1.74. The van der Waals surface area contributed by atoms with Gasteiger partial charge < -0.3 is 14.2 Å². The summed E-state index contributed by atoms with van der Waals surface area (Å²) in [5.41, 5.74) is 2.74. The van der Waals surface area contributed by atoms with Crippen molar-refractivity contribution in [2.75, 3.05) is 27.2 Å². The van der Waals surface area contributed by atoms with Gasteiger partial charge >= 0.3 is 0 Å². The second kappa shape index (κ2) is 9.33.